The van der Waals surface area contributed by atoms with Gasteiger partial charge in [0.15, 0.2) is 0 Å². The van der Waals surface area contributed by atoms with Crippen molar-refractivity contribution < 1.29 is 9.59 Å². The normalized spacial score (nSPS) is 29.2. The number of carbonyl (C=O) groups is 2. The molecule has 2 bridgehead atoms. The Labute approximate surface area is 207 Å². The maximum Gasteiger partial charge on any atom is 0.239 e. The van der Waals surface area contributed by atoms with Crippen LogP contribution in [0.2, 0.25) is 0 Å². The molecule has 4 aliphatic rings. The number of amides is 2. The minimum atomic E-state index is -0.771. The lowest BCUT2D eigenvalue weighted by atomic mass is 9.54. The van der Waals surface area contributed by atoms with Crippen molar-refractivity contribution in [2.24, 2.45) is 11.8 Å². The van der Waals surface area contributed by atoms with Crippen LogP contribution < -0.4 is 4.90 Å². The van der Waals surface area contributed by atoms with E-state index in [1.54, 1.807) is 0 Å². The highest BCUT2D eigenvalue weighted by molar-refractivity contribution is 9.10. The Bertz CT molecular complexity index is 1400. The monoisotopic (exact) mass is 557 g/mol. The van der Waals surface area contributed by atoms with E-state index in [-0.39, 0.29) is 11.8 Å². The van der Waals surface area contributed by atoms with E-state index in [0.29, 0.717) is 5.69 Å². The van der Waals surface area contributed by atoms with Gasteiger partial charge in [-0.2, -0.15) is 0 Å². The topological polar surface area (TPSA) is 37.4 Å². The van der Waals surface area contributed by atoms with Crippen molar-refractivity contribution in [3.05, 3.63) is 113 Å². The first-order valence-corrected chi connectivity index (χ1v) is 12.5. The summed E-state index contributed by atoms with van der Waals surface area (Å²) in [6.45, 7) is 0. The van der Waals surface area contributed by atoms with Gasteiger partial charge in [-0.1, -0.05) is 117 Å². The van der Waals surface area contributed by atoms with Crippen molar-refractivity contribution >= 4 is 60.1 Å². The zero-order valence-corrected chi connectivity index (χ0v) is 20.5. The van der Waals surface area contributed by atoms with Gasteiger partial charge < -0.3 is 0 Å². The standard InChI is InChI=1S/C28H17Br2NO2/c29-27-18-11-3-4-12-19(18)28(30,21-14-6-5-13-20(21)27)24-23(27)25(32)31(26(24)33)22-15-7-9-16-8-1-2-10-17(16)22/h1-15,23-24H/t23-,24-,27?,28?/m1/s1. The minimum absolute atomic E-state index is 0.161. The molecule has 0 saturated carbocycles. The number of benzene rings is 4. The lowest BCUT2D eigenvalue weighted by Gasteiger charge is -2.55. The zero-order chi connectivity index (χ0) is 22.5. The molecule has 8 rings (SSSR count). The van der Waals surface area contributed by atoms with E-state index in [1.807, 2.05) is 66.7 Å². The second-order valence-corrected chi connectivity index (χ2v) is 11.5. The molecule has 4 aromatic rings. The van der Waals surface area contributed by atoms with Gasteiger partial charge >= 0.3 is 0 Å². The number of rotatable bonds is 1. The van der Waals surface area contributed by atoms with Crippen LogP contribution in [0.5, 0.6) is 0 Å². The molecule has 160 valence electrons. The van der Waals surface area contributed by atoms with Crippen LogP contribution >= 0.6 is 31.9 Å². The van der Waals surface area contributed by atoms with Crippen LogP contribution in [0.15, 0.2) is 91.0 Å². The van der Waals surface area contributed by atoms with Crippen molar-refractivity contribution in [1.82, 2.24) is 0 Å². The molecule has 0 radical (unpaired) electrons. The van der Waals surface area contributed by atoms with Crippen LogP contribution in [-0.4, -0.2) is 11.8 Å². The zero-order valence-electron chi connectivity index (χ0n) is 17.3. The molecular formula is C28H17Br2NO2. The van der Waals surface area contributed by atoms with Gasteiger partial charge in [0.05, 0.1) is 26.2 Å². The van der Waals surface area contributed by atoms with Crippen LogP contribution in [0.25, 0.3) is 10.8 Å². The molecule has 1 heterocycles. The summed E-state index contributed by atoms with van der Waals surface area (Å²) in [4.78, 5) is 29.8. The number of alkyl halides is 2. The van der Waals surface area contributed by atoms with E-state index in [0.717, 1.165) is 33.0 Å². The van der Waals surface area contributed by atoms with Crippen molar-refractivity contribution in [2.75, 3.05) is 4.90 Å². The summed E-state index contributed by atoms with van der Waals surface area (Å²) in [7, 11) is 0. The van der Waals surface area contributed by atoms with Crippen molar-refractivity contribution in [3.8, 4) is 0 Å². The summed E-state index contributed by atoms with van der Waals surface area (Å²) in [6.07, 6.45) is 0. The Kier molecular flexibility index (Phi) is 3.83. The molecule has 2 atom stereocenters. The van der Waals surface area contributed by atoms with Crippen LogP contribution in [0, 0.1) is 11.8 Å². The fourth-order valence-corrected chi connectivity index (χ4v) is 8.61. The fraction of sp³-hybridized carbons (Fsp3) is 0.143. The third-order valence-electron chi connectivity index (χ3n) is 7.59. The highest BCUT2D eigenvalue weighted by atomic mass is 79.9. The first kappa shape index (κ1) is 19.7. The summed E-state index contributed by atoms with van der Waals surface area (Å²) < 4.78 is -1.54. The molecule has 5 heteroatoms. The number of fused-ring (bicyclic) bond motifs is 1. The second-order valence-electron chi connectivity index (χ2n) is 8.98. The quantitative estimate of drug-likeness (QED) is 0.204. The van der Waals surface area contributed by atoms with Crippen LogP contribution in [0.4, 0.5) is 5.69 Å². The first-order chi connectivity index (χ1) is 16.0. The van der Waals surface area contributed by atoms with E-state index in [2.05, 4.69) is 56.1 Å². The molecular weight excluding hydrogens is 542 g/mol. The van der Waals surface area contributed by atoms with Gasteiger partial charge in [0.1, 0.15) is 0 Å². The van der Waals surface area contributed by atoms with Gasteiger partial charge in [-0.25, -0.2) is 4.90 Å². The van der Waals surface area contributed by atoms with E-state index >= 15 is 0 Å². The number of hydrogen-bond donors (Lipinski definition) is 0. The Balaban J connectivity index is 1.53. The molecule has 0 aromatic heterocycles. The second kappa shape index (κ2) is 6.43. The molecule has 0 spiro atoms. The average molecular weight is 559 g/mol. The lowest BCUT2D eigenvalue weighted by Crippen LogP contribution is -2.56. The smallest absolute Gasteiger partial charge is 0.239 e. The third kappa shape index (κ3) is 2.16. The van der Waals surface area contributed by atoms with Crippen LogP contribution in [0.1, 0.15) is 22.3 Å². The summed E-state index contributed by atoms with van der Waals surface area (Å²) in [5, 5.41) is 1.90. The molecule has 1 saturated heterocycles. The van der Waals surface area contributed by atoms with E-state index in [1.165, 1.54) is 4.90 Å². The van der Waals surface area contributed by atoms with Gasteiger partial charge in [-0.3, -0.25) is 9.59 Å². The highest BCUT2D eigenvalue weighted by Crippen LogP contribution is 2.70. The third-order valence-corrected chi connectivity index (χ3v) is 10.3. The largest absolute Gasteiger partial charge is 0.274 e. The molecule has 3 nitrogen and oxygen atoms in total. The van der Waals surface area contributed by atoms with Gasteiger partial charge in [-0.05, 0) is 33.7 Å². The highest BCUT2D eigenvalue weighted by Gasteiger charge is 2.72. The molecule has 2 amide bonds. The number of halogens is 2. The minimum Gasteiger partial charge on any atom is -0.274 e. The first-order valence-electron chi connectivity index (χ1n) is 10.9. The Morgan fingerprint density at radius 1 is 0.576 bits per heavy atom. The van der Waals surface area contributed by atoms with Gasteiger partial charge in [0.2, 0.25) is 11.8 Å². The van der Waals surface area contributed by atoms with Crippen LogP contribution in [-0.2, 0) is 18.2 Å². The van der Waals surface area contributed by atoms with Crippen LogP contribution in [0.3, 0.4) is 0 Å². The van der Waals surface area contributed by atoms with Gasteiger partial charge in [0.25, 0.3) is 0 Å². The average Bonchev–Trinajstić information content (AvgIpc) is 3.13. The molecule has 0 N–H and O–H groups in total. The van der Waals surface area contributed by atoms with E-state index in [9.17, 15) is 9.59 Å². The summed E-state index contributed by atoms with van der Waals surface area (Å²) in [5.74, 6) is -1.45. The maximum absolute atomic E-state index is 14.2. The molecule has 1 fully saturated rings. The van der Waals surface area contributed by atoms with E-state index in [4.69, 9.17) is 0 Å². The lowest BCUT2D eigenvalue weighted by molar-refractivity contribution is -0.122. The van der Waals surface area contributed by atoms with Crippen molar-refractivity contribution in [1.29, 1.82) is 0 Å². The predicted molar refractivity (Wildman–Crippen MR) is 136 cm³/mol. The SMILES string of the molecule is O=C1[C@H]2[C@H](C(=O)N1c1cccc3ccccc13)C1(Br)c3ccccc3C2(Br)c2ccccc21. The van der Waals surface area contributed by atoms with Crippen molar-refractivity contribution in [2.45, 2.75) is 8.65 Å². The van der Waals surface area contributed by atoms with Crippen molar-refractivity contribution in [3.63, 3.8) is 0 Å². The van der Waals surface area contributed by atoms with E-state index < -0.39 is 20.5 Å². The van der Waals surface area contributed by atoms with Gasteiger partial charge in [-0.15, -0.1) is 0 Å². The number of hydrogen-bond acceptors (Lipinski definition) is 2. The number of nitrogens with zero attached hydrogens (tertiary/aromatic N) is 1. The maximum atomic E-state index is 14.2. The Hall–Kier alpha value is -2.76. The number of anilines is 1. The number of carbonyl (C=O) groups excluding carboxylic acids is 2. The number of imide groups is 1. The molecule has 0 unspecified atom stereocenters. The summed E-state index contributed by atoms with van der Waals surface area (Å²) in [6, 6.07) is 30.0. The Morgan fingerprint density at radius 3 is 1.52 bits per heavy atom. The summed E-state index contributed by atoms with van der Waals surface area (Å²) >= 11 is 8.12. The molecule has 1 aliphatic heterocycles. The fourth-order valence-electron chi connectivity index (χ4n) is 6.31. The predicted octanol–water partition coefficient (Wildman–Crippen LogP) is 6.25. The molecule has 33 heavy (non-hydrogen) atoms. The van der Waals surface area contributed by atoms with Gasteiger partial charge in [0, 0.05) is 5.39 Å². The molecule has 4 aromatic carbocycles. The molecule has 3 aliphatic carbocycles. The summed E-state index contributed by atoms with van der Waals surface area (Å²) in [5.41, 5.74) is 4.83. The Morgan fingerprint density at radius 2 is 1.00 bits per heavy atom.